The lowest BCUT2D eigenvalue weighted by Gasteiger charge is -2.02. The molecule has 0 amide bonds. The van der Waals surface area contributed by atoms with Crippen molar-refractivity contribution in [1.82, 2.24) is 0 Å². The second-order valence-electron chi connectivity index (χ2n) is 4.88. The maximum Gasteiger partial charge on any atom is 0.336 e. The van der Waals surface area contributed by atoms with Crippen molar-refractivity contribution in [3.05, 3.63) is 40.2 Å². The Labute approximate surface area is 127 Å². The standard InChI is InChI=1S/C10H9NO2.C5H12N2O2/c1-6-4-10(12)13-9-5-7(11)2-3-8(6)9;6-3-1-2-4(7)5(8)9/h2-5H,11H2,1H3;4H,1-3,6-7H2,(H,8,9)/t;4-/m.0/s1. The minimum Gasteiger partial charge on any atom is -0.480 e. The first-order valence-corrected chi connectivity index (χ1v) is 6.83. The van der Waals surface area contributed by atoms with Crippen molar-refractivity contribution in [2.45, 2.75) is 25.8 Å². The van der Waals surface area contributed by atoms with E-state index < -0.39 is 12.0 Å². The quantitative estimate of drug-likeness (QED) is 0.483. The number of aryl methyl sites for hydroxylation is 1. The summed E-state index contributed by atoms with van der Waals surface area (Å²) in [4.78, 5) is 21.0. The molecule has 0 aliphatic rings. The molecule has 0 spiro atoms. The smallest absolute Gasteiger partial charge is 0.336 e. The van der Waals surface area contributed by atoms with E-state index in [1.165, 1.54) is 6.07 Å². The Kier molecular flexibility index (Phi) is 6.55. The Morgan fingerprint density at radius 2 is 2.05 bits per heavy atom. The van der Waals surface area contributed by atoms with Crippen LogP contribution < -0.4 is 22.8 Å². The first-order valence-electron chi connectivity index (χ1n) is 6.83. The van der Waals surface area contributed by atoms with Crippen LogP contribution in [0.2, 0.25) is 0 Å². The van der Waals surface area contributed by atoms with Crippen LogP contribution in [0.3, 0.4) is 0 Å². The molecule has 1 aromatic heterocycles. The summed E-state index contributed by atoms with van der Waals surface area (Å²) in [6, 6.07) is 6.02. The molecule has 7 N–H and O–H groups in total. The van der Waals surface area contributed by atoms with Gasteiger partial charge in [0.15, 0.2) is 0 Å². The highest BCUT2D eigenvalue weighted by Gasteiger charge is 2.08. The Hall–Kier alpha value is -2.38. The van der Waals surface area contributed by atoms with E-state index in [2.05, 4.69) is 0 Å². The van der Waals surface area contributed by atoms with Crippen molar-refractivity contribution in [1.29, 1.82) is 0 Å². The van der Waals surface area contributed by atoms with E-state index in [0.717, 1.165) is 10.9 Å². The van der Waals surface area contributed by atoms with E-state index in [1.54, 1.807) is 12.1 Å². The van der Waals surface area contributed by atoms with E-state index in [-0.39, 0.29) is 5.63 Å². The van der Waals surface area contributed by atoms with E-state index in [0.29, 0.717) is 30.7 Å². The van der Waals surface area contributed by atoms with Gasteiger partial charge >= 0.3 is 11.6 Å². The Morgan fingerprint density at radius 1 is 1.36 bits per heavy atom. The van der Waals surface area contributed by atoms with Crippen LogP contribution in [0.4, 0.5) is 5.69 Å². The molecule has 0 saturated heterocycles. The third kappa shape index (κ3) is 5.19. The number of carbonyl (C=O) groups is 1. The fraction of sp³-hybridized carbons (Fsp3) is 0.333. The maximum atomic E-state index is 11.0. The van der Waals surface area contributed by atoms with Gasteiger partial charge in [-0.1, -0.05) is 0 Å². The van der Waals surface area contributed by atoms with E-state index in [1.807, 2.05) is 13.0 Å². The number of rotatable bonds is 4. The molecular weight excluding hydrogens is 286 g/mol. The second-order valence-corrected chi connectivity index (χ2v) is 4.88. The Morgan fingerprint density at radius 3 is 2.64 bits per heavy atom. The van der Waals surface area contributed by atoms with Gasteiger partial charge in [-0.3, -0.25) is 4.79 Å². The lowest BCUT2D eigenvalue weighted by atomic mass is 10.1. The van der Waals surface area contributed by atoms with Crippen LogP contribution in [0.1, 0.15) is 18.4 Å². The van der Waals surface area contributed by atoms with Gasteiger partial charge < -0.3 is 26.7 Å². The van der Waals surface area contributed by atoms with Crippen molar-refractivity contribution < 1.29 is 14.3 Å². The van der Waals surface area contributed by atoms with Crippen molar-refractivity contribution in [3.8, 4) is 0 Å². The normalized spacial score (nSPS) is 11.6. The molecule has 0 aliphatic carbocycles. The molecule has 1 heterocycles. The molecule has 2 rings (SSSR count). The molecule has 0 radical (unpaired) electrons. The van der Waals surface area contributed by atoms with Crippen LogP contribution in [-0.4, -0.2) is 23.7 Å². The predicted octanol–water partition coefficient (Wildman–Crippen LogP) is 0.821. The van der Waals surface area contributed by atoms with Crippen LogP contribution in [0.15, 0.2) is 33.5 Å². The summed E-state index contributed by atoms with van der Waals surface area (Å²) in [5.41, 5.74) is 17.6. The summed E-state index contributed by atoms with van der Waals surface area (Å²) in [5.74, 6) is -0.955. The monoisotopic (exact) mass is 307 g/mol. The number of nitrogen functional groups attached to an aromatic ring is 1. The first kappa shape index (κ1) is 17.7. The van der Waals surface area contributed by atoms with Gasteiger partial charge in [0.05, 0.1) is 0 Å². The molecule has 0 aliphatic heterocycles. The average Bonchev–Trinajstić information content (AvgIpc) is 2.44. The van der Waals surface area contributed by atoms with Crippen LogP contribution in [0.5, 0.6) is 0 Å². The fourth-order valence-corrected chi connectivity index (χ4v) is 1.80. The van der Waals surface area contributed by atoms with Crippen LogP contribution >= 0.6 is 0 Å². The number of hydrogen-bond donors (Lipinski definition) is 4. The van der Waals surface area contributed by atoms with Gasteiger partial charge in [0.2, 0.25) is 0 Å². The Balaban J connectivity index is 0.000000239. The van der Waals surface area contributed by atoms with E-state index in [4.69, 9.17) is 26.7 Å². The van der Waals surface area contributed by atoms with Crippen molar-refractivity contribution in [2.24, 2.45) is 11.5 Å². The molecule has 0 saturated carbocycles. The summed E-state index contributed by atoms with van der Waals surface area (Å²) < 4.78 is 4.99. The van der Waals surface area contributed by atoms with Crippen LogP contribution in [0.25, 0.3) is 11.0 Å². The topological polar surface area (TPSA) is 146 Å². The number of benzene rings is 1. The summed E-state index contributed by atoms with van der Waals surface area (Å²) in [7, 11) is 0. The summed E-state index contributed by atoms with van der Waals surface area (Å²) >= 11 is 0. The van der Waals surface area contributed by atoms with Crippen molar-refractivity contribution in [3.63, 3.8) is 0 Å². The van der Waals surface area contributed by atoms with Crippen LogP contribution in [0, 0.1) is 6.92 Å². The van der Waals surface area contributed by atoms with Gasteiger partial charge in [0.1, 0.15) is 11.6 Å². The number of nitrogens with two attached hydrogens (primary N) is 3. The Bertz CT molecular complexity index is 697. The van der Waals surface area contributed by atoms with Gasteiger partial charge in [0.25, 0.3) is 0 Å². The van der Waals surface area contributed by atoms with Gasteiger partial charge in [-0.2, -0.15) is 0 Å². The molecule has 2 aromatic rings. The minimum absolute atomic E-state index is 0.337. The molecule has 0 unspecified atom stereocenters. The van der Waals surface area contributed by atoms with Crippen LogP contribution in [-0.2, 0) is 4.79 Å². The van der Waals surface area contributed by atoms with Crippen molar-refractivity contribution in [2.75, 3.05) is 12.3 Å². The lowest BCUT2D eigenvalue weighted by molar-refractivity contribution is -0.138. The largest absolute Gasteiger partial charge is 0.480 e. The molecule has 22 heavy (non-hydrogen) atoms. The number of aliphatic carboxylic acids is 1. The van der Waals surface area contributed by atoms with Gasteiger partial charge in [0, 0.05) is 23.2 Å². The molecule has 0 fully saturated rings. The van der Waals surface area contributed by atoms with Crippen molar-refractivity contribution >= 4 is 22.6 Å². The SMILES string of the molecule is Cc1cc(=O)oc2cc(N)ccc12.NCCC[C@H](N)C(=O)O. The number of fused-ring (bicyclic) bond motifs is 1. The van der Waals surface area contributed by atoms with E-state index >= 15 is 0 Å². The highest BCUT2D eigenvalue weighted by atomic mass is 16.4. The summed E-state index contributed by atoms with van der Waals surface area (Å²) in [5, 5.41) is 9.17. The molecule has 1 aromatic carbocycles. The summed E-state index contributed by atoms with van der Waals surface area (Å²) in [6.07, 6.45) is 1.14. The first-order chi connectivity index (χ1) is 10.3. The predicted molar refractivity (Wildman–Crippen MR) is 85.5 cm³/mol. The maximum absolute atomic E-state index is 11.0. The van der Waals surface area contributed by atoms with E-state index in [9.17, 15) is 9.59 Å². The van der Waals surface area contributed by atoms with Gasteiger partial charge in [-0.05, 0) is 44.0 Å². The van der Waals surface area contributed by atoms with Gasteiger partial charge in [-0.15, -0.1) is 0 Å². The number of anilines is 1. The number of carboxylic acid groups (broad SMARTS) is 1. The fourth-order valence-electron chi connectivity index (χ4n) is 1.80. The molecule has 7 heteroatoms. The number of hydrogen-bond acceptors (Lipinski definition) is 6. The summed E-state index contributed by atoms with van der Waals surface area (Å²) in [6.45, 7) is 2.37. The van der Waals surface area contributed by atoms with Gasteiger partial charge in [-0.25, -0.2) is 4.79 Å². The molecular formula is C15H21N3O4. The zero-order chi connectivity index (χ0) is 16.7. The molecule has 1 atom stereocenters. The highest BCUT2D eigenvalue weighted by molar-refractivity contribution is 5.82. The zero-order valence-corrected chi connectivity index (χ0v) is 12.4. The zero-order valence-electron chi connectivity index (χ0n) is 12.4. The minimum atomic E-state index is -0.955. The lowest BCUT2D eigenvalue weighted by Crippen LogP contribution is -2.30. The third-order valence-electron chi connectivity index (χ3n) is 3.01. The second kappa shape index (κ2) is 8.16. The highest BCUT2D eigenvalue weighted by Crippen LogP contribution is 2.18. The average molecular weight is 307 g/mol. The number of carboxylic acids is 1. The molecule has 0 bridgehead atoms. The molecule has 7 nitrogen and oxygen atoms in total. The third-order valence-corrected chi connectivity index (χ3v) is 3.01. The molecule has 120 valence electrons.